The molecule has 0 atom stereocenters. The average Bonchev–Trinajstić information content (AvgIpc) is 3.51. The van der Waals surface area contributed by atoms with Gasteiger partial charge in [-0.25, -0.2) is 9.97 Å². The maximum Gasteiger partial charge on any atom is 0.0945 e. The number of benzene rings is 2. The number of hydrogen-bond donors (Lipinski definition) is 0. The topological polar surface area (TPSA) is 35.6 Å². The molecule has 0 bridgehead atoms. The van der Waals surface area contributed by atoms with Gasteiger partial charge in [-0.1, -0.05) is 60.7 Å². The third-order valence-corrected chi connectivity index (χ3v) is 4.57. The predicted octanol–water partition coefficient (Wildman–Crippen LogP) is 6.72. The molecule has 0 spiro atoms. The third kappa shape index (κ3) is 12.1. The molecule has 0 saturated heterocycles. The first-order valence-corrected chi connectivity index (χ1v) is 15.0. The summed E-state index contributed by atoms with van der Waals surface area (Å²) in [5.41, 5.74) is 2.82. The van der Waals surface area contributed by atoms with E-state index in [0.29, 0.717) is 0 Å². The molecule has 0 aliphatic carbocycles. The summed E-state index contributed by atoms with van der Waals surface area (Å²) >= 11 is 6.00. The van der Waals surface area contributed by atoms with E-state index in [1.165, 1.54) is 34.9 Å². The van der Waals surface area contributed by atoms with Crippen molar-refractivity contribution in [2.45, 2.75) is 38.8 Å². The first-order valence-electron chi connectivity index (χ1n) is 10.1. The van der Waals surface area contributed by atoms with E-state index >= 15 is 0 Å². The molecule has 0 aliphatic heterocycles. The van der Waals surface area contributed by atoms with E-state index in [1.54, 1.807) is 0 Å². The van der Waals surface area contributed by atoms with Crippen LogP contribution in [0.3, 0.4) is 0 Å². The van der Waals surface area contributed by atoms with Crippen LogP contribution in [-0.2, 0) is 36.8 Å². The number of aryl methyl sites for hydroxylation is 4. The molecule has 2 aromatic carbocycles. The monoisotopic (exact) mass is 588 g/mol. The van der Waals surface area contributed by atoms with Crippen LogP contribution in [0, 0.1) is 0 Å². The zero-order valence-electron chi connectivity index (χ0n) is 17.3. The summed E-state index contributed by atoms with van der Waals surface area (Å²) in [6, 6.07) is 21.2. The summed E-state index contributed by atoms with van der Waals surface area (Å²) in [4.78, 5) is 8.02. The van der Waals surface area contributed by atoms with Crippen LogP contribution >= 0.6 is 28.5 Å². The van der Waals surface area contributed by atoms with Gasteiger partial charge in [0.05, 0.1) is 12.7 Å². The second kappa shape index (κ2) is 16.9. The van der Waals surface area contributed by atoms with Gasteiger partial charge >= 0.3 is 39.3 Å². The Bertz CT molecular complexity index is 810. The maximum atomic E-state index is 4.01. The van der Waals surface area contributed by atoms with Gasteiger partial charge in [0.2, 0.25) is 0 Å². The molecule has 4 aromatic rings. The van der Waals surface area contributed by atoms with E-state index in [9.17, 15) is 0 Å². The van der Waals surface area contributed by atoms with Gasteiger partial charge in [-0.2, -0.15) is 0 Å². The molecule has 0 N–H and O–H groups in total. The number of aromatic nitrogens is 4. The largest absolute Gasteiger partial charge is 0.337 e. The molecule has 0 aliphatic rings. The van der Waals surface area contributed by atoms with Crippen molar-refractivity contribution in [1.82, 2.24) is 19.1 Å². The van der Waals surface area contributed by atoms with Crippen LogP contribution in [0.2, 0.25) is 0 Å². The standard InChI is InChI=1S/2C12H14N2.2BrH.Ni/c2*1-2-5-12(6-3-1)7-4-9-14-10-8-13-11-14;;;/h2*1-3,5-6,8,10-11H,4,7,9H2;2*1H;/q;;;;+2/p-2. The zero-order valence-corrected chi connectivity index (χ0v) is 21.5. The Morgan fingerprint density at radius 1 is 0.645 bits per heavy atom. The van der Waals surface area contributed by atoms with Crippen LogP contribution < -0.4 is 0 Å². The fourth-order valence-electron chi connectivity index (χ4n) is 3.06. The first-order chi connectivity index (χ1) is 15.3. The van der Waals surface area contributed by atoms with Crippen molar-refractivity contribution in [2.24, 2.45) is 0 Å². The van der Waals surface area contributed by atoms with Crippen molar-refractivity contribution in [3.05, 3.63) is 109 Å². The van der Waals surface area contributed by atoms with Gasteiger partial charge in [0, 0.05) is 37.9 Å². The molecule has 0 radical (unpaired) electrons. The zero-order chi connectivity index (χ0) is 22.0. The van der Waals surface area contributed by atoms with Gasteiger partial charge in [0.15, 0.2) is 0 Å². The molecule has 0 fully saturated rings. The number of rotatable bonds is 8. The second-order valence-electron chi connectivity index (χ2n) is 6.82. The van der Waals surface area contributed by atoms with Gasteiger partial charge in [-0.05, 0) is 36.8 Å². The summed E-state index contributed by atoms with van der Waals surface area (Å²) in [7, 11) is 1.25. The van der Waals surface area contributed by atoms with Crippen molar-refractivity contribution in [1.29, 1.82) is 0 Å². The first kappa shape index (κ1) is 25.6. The van der Waals surface area contributed by atoms with Crippen LogP contribution in [0.15, 0.2) is 98.1 Å². The Morgan fingerprint density at radius 2 is 1.03 bits per heavy atom. The van der Waals surface area contributed by atoms with E-state index in [1.807, 2.05) is 37.4 Å². The Labute approximate surface area is 205 Å². The van der Waals surface area contributed by atoms with Gasteiger partial charge < -0.3 is 9.13 Å². The summed E-state index contributed by atoms with van der Waals surface area (Å²) in [6.45, 7) is 2.10. The summed E-state index contributed by atoms with van der Waals surface area (Å²) in [6.07, 6.45) is 16.0. The van der Waals surface area contributed by atoms with Crippen LogP contribution in [0.5, 0.6) is 0 Å². The SMILES string of the molecule is [Br][Ni][Br].c1ccc(CCCn2ccnc2)cc1.c1ccc(CCCn2ccnc2)cc1. The number of hydrogen-bond acceptors (Lipinski definition) is 2. The van der Waals surface area contributed by atoms with E-state index in [0.717, 1.165) is 25.9 Å². The quantitative estimate of drug-likeness (QED) is 0.214. The number of halogens is 2. The number of nitrogens with zero attached hydrogens (tertiary/aromatic N) is 4. The fourth-order valence-corrected chi connectivity index (χ4v) is 3.06. The minimum atomic E-state index is 1.05. The molecule has 4 nitrogen and oxygen atoms in total. The predicted molar refractivity (Wildman–Crippen MR) is 132 cm³/mol. The molecule has 168 valence electrons. The van der Waals surface area contributed by atoms with Gasteiger partial charge in [0.25, 0.3) is 0 Å². The smallest absolute Gasteiger partial charge is 0.0945 e. The minimum absolute atomic E-state index is 1.05. The molecule has 2 heterocycles. The maximum absolute atomic E-state index is 4.01. The molecule has 2 aromatic heterocycles. The van der Waals surface area contributed by atoms with Gasteiger partial charge in [-0.3, -0.25) is 0 Å². The third-order valence-electron chi connectivity index (χ3n) is 4.57. The molecule has 31 heavy (non-hydrogen) atoms. The summed E-state index contributed by atoms with van der Waals surface area (Å²) in [5, 5.41) is 0. The molecule has 0 unspecified atom stereocenters. The van der Waals surface area contributed by atoms with Crippen molar-refractivity contribution in [2.75, 3.05) is 0 Å². The summed E-state index contributed by atoms with van der Waals surface area (Å²) in [5.74, 6) is 0. The van der Waals surface area contributed by atoms with E-state index in [-0.39, 0.29) is 0 Å². The Balaban J connectivity index is 0.000000196. The normalized spacial score (nSPS) is 10.0. The fraction of sp³-hybridized carbons (Fsp3) is 0.250. The van der Waals surface area contributed by atoms with E-state index in [4.69, 9.17) is 0 Å². The Kier molecular flexibility index (Phi) is 14.0. The molecule has 4 rings (SSSR count). The van der Waals surface area contributed by atoms with Crippen molar-refractivity contribution in [3.63, 3.8) is 0 Å². The second-order valence-corrected chi connectivity index (χ2v) is 11.8. The van der Waals surface area contributed by atoms with Gasteiger partial charge in [-0.15, -0.1) is 0 Å². The van der Waals surface area contributed by atoms with Crippen molar-refractivity contribution < 1.29 is 10.9 Å². The molecular weight excluding hydrogens is 563 g/mol. The molecule has 0 amide bonds. The van der Waals surface area contributed by atoms with E-state index in [2.05, 4.69) is 108 Å². The van der Waals surface area contributed by atoms with Gasteiger partial charge in [0.1, 0.15) is 0 Å². The van der Waals surface area contributed by atoms with Crippen LogP contribution in [0.1, 0.15) is 24.0 Å². The minimum Gasteiger partial charge on any atom is -0.337 e. The number of imidazole rings is 2. The van der Waals surface area contributed by atoms with Crippen molar-refractivity contribution in [3.8, 4) is 0 Å². The van der Waals surface area contributed by atoms with Crippen molar-refractivity contribution >= 4 is 28.5 Å². The molecular formula is C24H28Br2N4Ni. The van der Waals surface area contributed by atoms with Crippen LogP contribution in [0.25, 0.3) is 0 Å². The Morgan fingerprint density at radius 3 is 1.35 bits per heavy atom. The van der Waals surface area contributed by atoms with E-state index < -0.39 is 0 Å². The summed E-state index contributed by atoms with van der Waals surface area (Å²) < 4.78 is 4.23. The molecule has 0 saturated carbocycles. The molecule has 7 heteroatoms. The van der Waals surface area contributed by atoms with Crippen LogP contribution in [-0.4, -0.2) is 19.1 Å². The Hall–Kier alpha value is -1.69. The average molecular weight is 591 g/mol. The van der Waals surface area contributed by atoms with Crippen LogP contribution in [0.4, 0.5) is 0 Å².